The molecule has 0 saturated carbocycles. The Morgan fingerprint density at radius 1 is 1.21 bits per heavy atom. The molecule has 0 radical (unpaired) electrons. The molecule has 15 heteroatoms. The molecule has 208 valence electrons. The minimum absolute atomic E-state index is 0.0274. The zero-order valence-corrected chi connectivity index (χ0v) is 22.8. The summed E-state index contributed by atoms with van der Waals surface area (Å²) in [7, 11) is -5.12. The number of halogens is 3. The van der Waals surface area contributed by atoms with Crippen molar-refractivity contribution in [2.45, 2.75) is 29.5 Å². The summed E-state index contributed by atoms with van der Waals surface area (Å²) in [4.78, 5) is 25.7. The van der Waals surface area contributed by atoms with Gasteiger partial charge in [0, 0.05) is 22.9 Å². The van der Waals surface area contributed by atoms with Crippen LogP contribution >= 0.6 is 23.4 Å². The fourth-order valence-corrected chi connectivity index (χ4v) is 5.42. The van der Waals surface area contributed by atoms with Crippen molar-refractivity contribution in [2.24, 2.45) is 5.73 Å². The predicted molar refractivity (Wildman–Crippen MR) is 136 cm³/mol. The summed E-state index contributed by atoms with van der Waals surface area (Å²) < 4.78 is 63.4. The lowest BCUT2D eigenvalue weighted by molar-refractivity contribution is -0.148. The molecule has 2 amide bonds. The lowest BCUT2D eigenvalue weighted by atomic mass is 10.0. The summed E-state index contributed by atoms with van der Waals surface area (Å²) in [6.45, 7) is 4.65. The van der Waals surface area contributed by atoms with E-state index in [4.69, 9.17) is 26.8 Å². The number of hydrogen-bond acceptors (Lipinski definition) is 9. The molecule has 3 rings (SSSR count). The number of morpholine rings is 1. The first-order valence-corrected chi connectivity index (χ1v) is 14.0. The Hall–Kier alpha value is -2.49. The van der Waals surface area contributed by atoms with Gasteiger partial charge in [-0.2, -0.15) is 8.42 Å². The van der Waals surface area contributed by atoms with Crippen LogP contribution in [0.3, 0.4) is 0 Å². The van der Waals surface area contributed by atoms with Gasteiger partial charge < -0.3 is 20.1 Å². The van der Waals surface area contributed by atoms with Crippen molar-refractivity contribution in [3.8, 4) is 11.5 Å². The molecule has 1 saturated heterocycles. The summed E-state index contributed by atoms with van der Waals surface area (Å²) in [6, 6.07) is 4.71. The molecule has 1 heterocycles. The first kappa shape index (κ1) is 30.1. The third-order valence-electron chi connectivity index (χ3n) is 5.67. The molecule has 0 aliphatic carbocycles. The zero-order chi connectivity index (χ0) is 28.3. The van der Waals surface area contributed by atoms with Crippen LogP contribution in [0.4, 0.5) is 8.78 Å². The number of carbonyl (C=O) groups is 2. The smallest absolute Gasteiger partial charge is 0.289 e. The van der Waals surface area contributed by atoms with Crippen molar-refractivity contribution < 1.29 is 41.5 Å². The van der Waals surface area contributed by atoms with Crippen molar-refractivity contribution >= 4 is 45.2 Å². The van der Waals surface area contributed by atoms with Crippen LogP contribution in [0.15, 0.2) is 41.3 Å². The monoisotopic (exact) mass is 593 g/mol. The Morgan fingerprint density at radius 3 is 2.32 bits per heavy atom. The van der Waals surface area contributed by atoms with Crippen LogP contribution in [-0.2, 0) is 24.3 Å². The maximum Gasteiger partial charge on any atom is 0.289 e. The predicted octanol–water partition coefficient (Wildman–Crippen LogP) is 3.01. The Balaban J connectivity index is 1.72. The van der Waals surface area contributed by atoms with Gasteiger partial charge in [0.1, 0.15) is 11.8 Å². The van der Waals surface area contributed by atoms with E-state index in [2.05, 4.69) is 0 Å². The van der Waals surface area contributed by atoms with E-state index in [-0.39, 0.29) is 17.4 Å². The lowest BCUT2D eigenvalue weighted by Gasteiger charge is -2.33. The van der Waals surface area contributed by atoms with Crippen molar-refractivity contribution in [1.29, 1.82) is 0 Å². The topological polar surface area (TPSA) is 139 Å². The van der Waals surface area contributed by atoms with E-state index in [1.165, 1.54) is 38.1 Å². The summed E-state index contributed by atoms with van der Waals surface area (Å²) in [6.07, 6.45) is 0. The normalized spacial score (nSPS) is 15.2. The van der Waals surface area contributed by atoms with Crippen LogP contribution in [0.1, 0.15) is 13.8 Å². The quantitative estimate of drug-likeness (QED) is 0.332. The third kappa shape index (κ3) is 6.93. The number of rotatable bonds is 9. The molecule has 0 spiro atoms. The summed E-state index contributed by atoms with van der Waals surface area (Å²) in [5.41, 5.74) is 5.96. The summed E-state index contributed by atoms with van der Waals surface area (Å²) in [5.74, 6) is -5.41. The average Bonchev–Trinajstić information content (AvgIpc) is 2.89. The second-order valence-electron chi connectivity index (χ2n) is 8.72. The zero-order valence-electron chi connectivity index (χ0n) is 20.4. The number of nitrogens with zero attached hydrogens (tertiary/aromatic N) is 2. The molecule has 1 fully saturated rings. The van der Waals surface area contributed by atoms with Gasteiger partial charge in [-0.25, -0.2) is 8.78 Å². The average molecular weight is 594 g/mol. The number of hydrogen-bond donors (Lipinski definition) is 2. The molecule has 1 aliphatic heterocycles. The number of hydroxylamine groups is 1. The SMILES string of the molecule is CC(C)(SCC(=O)N1CCOCC1)[C@@H](N)C(=O)N(O)S(=O)(=O)c1cc(F)c(Oc2ccc(Cl)cc2)c(F)c1. The van der Waals surface area contributed by atoms with Gasteiger partial charge in [-0.05, 0) is 50.2 Å². The van der Waals surface area contributed by atoms with Crippen LogP contribution in [0.25, 0.3) is 0 Å². The highest BCUT2D eigenvalue weighted by atomic mass is 35.5. The van der Waals surface area contributed by atoms with Crippen molar-refractivity contribution in [3.63, 3.8) is 0 Å². The van der Waals surface area contributed by atoms with E-state index < -0.39 is 53.5 Å². The number of benzene rings is 2. The molecule has 1 aliphatic rings. The Kier molecular flexibility index (Phi) is 9.60. The number of carbonyl (C=O) groups excluding carboxylic acids is 2. The number of amides is 2. The largest absolute Gasteiger partial charge is 0.451 e. The van der Waals surface area contributed by atoms with Gasteiger partial charge in [0.25, 0.3) is 15.9 Å². The molecule has 10 nitrogen and oxygen atoms in total. The molecule has 2 aromatic rings. The molecular weight excluding hydrogens is 568 g/mol. The Morgan fingerprint density at radius 2 is 1.76 bits per heavy atom. The molecule has 0 aromatic heterocycles. The van der Waals surface area contributed by atoms with Crippen molar-refractivity contribution in [2.75, 3.05) is 32.1 Å². The van der Waals surface area contributed by atoms with Gasteiger partial charge in [0.05, 0.1) is 23.9 Å². The third-order valence-corrected chi connectivity index (χ3v) is 8.77. The van der Waals surface area contributed by atoms with Gasteiger partial charge in [-0.1, -0.05) is 11.6 Å². The van der Waals surface area contributed by atoms with E-state index in [1.54, 1.807) is 4.90 Å². The fourth-order valence-electron chi connectivity index (χ4n) is 3.28. The number of nitrogens with two attached hydrogens (primary N) is 1. The van der Waals surface area contributed by atoms with Gasteiger partial charge in [-0.15, -0.1) is 16.2 Å². The molecule has 3 N–H and O–H groups in total. The Bertz CT molecular complexity index is 1270. The standard InChI is InChI=1S/C23H26ClF2N3O7S2/c1-23(2,37-13-19(30)28-7-9-35-10-8-28)21(27)22(31)29(32)38(33,34)16-11-17(25)20(18(26)12-16)36-15-5-3-14(24)4-6-15/h3-6,11-12,21,32H,7-10,13,27H2,1-2H3/t21-/m0/s1. The van der Waals surface area contributed by atoms with E-state index in [9.17, 15) is 32.0 Å². The fraction of sp³-hybridized carbons (Fsp3) is 0.391. The van der Waals surface area contributed by atoms with Gasteiger partial charge in [0.2, 0.25) is 5.91 Å². The molecule has 0 bridgehead atoms. The van der Waals surface area contributed by atoms with Crippen molar-refractivity contribution in [3.05, 3.63) is 53.1 Å². The van der Waals surface area contributed by atoms with Crippen LogP contribution in [0, 0.1) is 11.6 Å². The van der Waals surface area contributed by atoms with Gasteiger partial charge in [0.15, 0.2) is 17.4 Å². The van der Waals surface area contributed by atoms with Crippen molar-refractivity contribution in [1.82, 2.24) is 9.37 Å². The van der Waals surface area contributed by atoms with Crippen LogP contribution in [-0.4, -0.2) is 77.7 Å². The highest BCUT2D eigenvalue weighted by molar-refractivity contribution is 8.01. The van der Waals surface area contributed by atoms with E-state index in [0.29, 0.717) is 43.5 Å². The van der Waals surface area contributed by atoms with E-state index >= 15 is 0 Å². The maximum atomic E-state index is 14.6. The van der Waals surface area contributed by atoms with Crippen LogP contribution in [0.2, 0.25) is 5.02 Å². The second kappa shape index (κ2) is 12.1. The molecule has 0 unspecified atom stereocenters. The molecular formula is C23H26ClF2N3O7S2. The van der Waals surface area contributed by atoms with Crippen LogP contribution < -0.4 is 10.5 Å². The lowest BCUT2D eigenvalue weighted by Crippen LogP contribution is -2.54. The first-order valence-electron chi connectivity index (χ1n) is 11.2. The number of thioether (sulfide) groups is 1. The highest BCUT2D eigenvalue weighted by Gasteiger charge is 2.41. The molecule has 38 heavy (non-hydrogen) atoms. The van der Waals surface area contributed by atoms with Gasteiger partial charge in [-0.3, -0.25) is 14.8 Å². The minimum atomic E-state index is -5.12. The maximum absolute atomic E-state index is 14.6. The van der Waals surface area contributed by atoms with Crippen LogP contribution in [0.5, 0.6) is 11.5 Å². The van der Waals surface area contributed by atoms with E-state index in [0.717, 1.165) is 11.8 Å². The summed E-state index contributed by atoms with van der Waals surface area (Å²) in [5, 5.41) is 10.6. The summed E-state index contributed by atoms with van der Waals surface area (Å²) >= 11 is 6.75. The number of ether oxygens (including phenoxy) is 2. The first-order chi connectivity index (χ1) is 17.7. The second-order valence-corrected chi connectivity index (χ2v) is 12.6. The molecule has 1 atom stereocenters. The van der Waals surface area contributed by atoms with E-state index in [1.807, 2.05) is 0 Å². The molecule has 2 aromatic carbocycles. The van der Waals surface area contributed by atoms with Gasteiger partial charge >= 0.3 is 0 Å². The Labute approximate surface area is 227 Å². The minimum Gasteiger partial charge on any atom is -0.451 e. The number of sulfonamides is 1. The highest BCUT2D eigenvalue weighted by Crippen LogP contribution is 2.33.